The molecule has 1 saturated heterocycles. The number of nitrogens with one attached hydrogen (secondary N) is 2. The molecule has 1 aromatic carbocycles. The number of rotatable bonds is 4. The fourth-order valence-electron chi connectivity index (χ4n) is 5.63. The number of benzene rings is 1. The van der Waals surface area contributed by atoms with Crippen molar-refractivity contribution in [2.24, 2.45) is 17.8 Å². The maximum absolute atomic E-state index is 15.3. The van der Waals surface area contributed by atoms with Gasteiger partial charge in [-0.05, 0) is 31.1 Å². The van der Waals surface area contributed by atoms with E-state index in [0.717, 1.165) is 11.1 Å². The first-order valence-electron chi connectivity index (χ1n) is 11.5. The van der Waals surface area contributed by atoms with Crippen molar-refractivity contribution < 1.29 is 18.3 Å². The van der Waals surface area contributed by atoms with Gasteiger partial charge in [-0.15, -0.1) is 5.53 Å². The number of allylic oxidation sites excluding steroid dienone is 1. The fraction of sp³-hybridized carbons (Fsp3) is 0.346. The average molecular weight is 478 g/mol. The molecule has 2 N–H and O–H groups in total. The van der Waals surface area contributed by atoms with Crippen LogP contribution >= 0.6 is 0 Å². The van der Waals surface area contributed by atoms with Gasteiger partial charge < -0.3 is 10.2 Å². The standard InChI is InChI=1S/C26H25F2N5O2/c1-16-21(10-9-20-8-7-19(14-30-20)22-6-4-3-5-18(22)13-29)23-17(2)35-24(34)25(23,15-26(16,27)28)33-12-11-31-32-33/h3-12,14,16-17,21,23,31-32H,15H2,1-2H3/b10-9+/t16-,17+,21-,23-,25-/m0/s1. The SMILES string of the molecule is C[C@H]1OC(=O)[C@]2(N3C=CNN3)CC(F)(F)[C@@H](C)[C@H](/C=C/c3ccc(-c4ccccc4C#N)cn3)[C@H]12. The molecule has 5 rings (SSSR count). The number of hydrogen-bond donors (Lipinski definition) is 2. The van der Waals surface area contributed by atoms with E-state index in [9.17, 15) is 10.1 Å². The molecule has 35 heavy (non-hydrogen) atoms. The first kappa shape index (κ1) is 23.0. The smallest absolute Gasteiger partial charge is 0.334 e. The molecule has 0 unspecified atom stereocenters. The van der Waals surface area contributed by atoms with Gasteiger partial charge in [-0.3, -0.25) is 9.99 Å². The largest absolute Gasteiger partial charge is 0.460 e. The predicted molar refractivity (Wildman–Crippen MR) is 125 cm³/mol. The van der Waals surface area contributed by atoms with Crippen molar-refractivity contribution >= 4 is 12.0 Å². The minimum Gasteiger partial charge on any atom is -0.460 e. The molecule has 1 aliphatic carbocycles. The summed E-state index contributed by atoms with van der Waals surface area (Å²) in [6, 6.07) is 13.1. The van der Waals surface area contributed by atoms with Crippen molar-refractivity contribution in [1.82, 2.24) is 21.0 Å². The summed E-state index contributed by atoms with van der Waals surface area (Å²) in [5.41, 5.74) is 6.71. The summed E-state index contributed by atoms with van der Waals surface area (Å²) in [7, 11) is 0. The predicted octanol–water partition coefficient (Wildman–Crippen LogP) is 4.02. The Morgan fingerprint density at radius 2 is 2.06 bits per heavy atom. The molecule has 0 radical (unpaired) electrons. The van der Waals surface area contributed by atoms with Crippen LogP contribution in [0.15, 0.2) is 61.1 Å². The molecule has 0 amide bonds. The third kappa shape index (κ3) is 3.65. The highest BCUT2D eigenvalue weighted by Crippen LogP contribution is 2.57. The van der Waals surface area contributed by atoms with Gasteiger partial charge in [0.15, 0.2) is 5.54 Å². The molecular weight excluding hydrogens is 452 g/mol. The van der Waals surface area contributed by atoms with Crippen molar-refractivity contribution in [3.05, 3.63) is 72.3 Å². The lowest BCUT2D eigenvalue weighted by Gasteiger charge is -2.50. The summed E-state index contributed by atoms with van der Waals surface area (Å²) >= 11 is 0. The van der Waals surface area contributed by atoms with E-state index in [1.54, 1.807) is 55.9 Å². The Kier molecular flexibility index (Phi) is 5.56. The Bertz CT molecular complexity index is 1240. The van der Waals surface area contributed by atoms with Gasteiger partial charge in [0.05, 0.1) is 17.3 Å². The molecular formula is C26H25F2N5O2. The van der Waals surface area contributed by atoms with Crippen LogP contribution in [0.4, 0.5) is 8.78 Å². The van der Waals surface area contributed by atoms with E-state index >= 15 is 8.78 Å². The molecule has 0 bridgehead atoms. The van der Waals surface area contributed by atoms with Gasteiger partial charge in [0.2, 0.25) is 0 Å². The lowest BCUT2D eigenvalue weighted by Crippen LogP contribution is -2.67. The van der Waals surface area contributed by atoms with Crippen LogP contribution < -0.4 is 11.0 Å². The summed E-state index contributed by atoms with van der Waals surface area (Å²) in [6.45, 7) is 3.28. The van der Waals surface area contributed by atoms with Crippen LogP contribution in [-0.2, 0) is 9.53 Å². The minimum absolute atomic E-state index is 0.500. The van der Waals surface area contributed by atoms with E-state index in [1.165, 1.54) is 11.9 Å². The highest BCUT2D eigenvalue weighted by atomic mass is 19.3. The third-order valence-electron chi connectivity index (χ3n) is 7.42. The Balaban J connectivity index is 1.48. The first-order chi connectivity index (χ1) is 16.8. The average Bonchev–Trinajstić information content (AvgIpc) is 3.47. The van der Waals surface area contributed by atoms with Crippen LogP contribution in [-0.4, -0.2) is 33.5 Å². The summed E-state index contributed by atoms with van der Waals surface area (Å²) in [4.78, 5) is 17.5. The Morgan fingerprint density at radius 1 is 1.26 bits per heavy atom. The summed E-state index contributed by atoms with van der Waals surface area (Å²) in [6.07, 6.45) is 7.04. The Labute approximate surface area is 202 Å². The first-order valence-corrected chi connectivity index (χ1v) is 11.5. The second kappa shape index (κ2) is 8.47. The number of fused-ring (bicyclic) bond motifs is 1. The van der Waals surface area contributed by atoms with Crippen LogP contribution in [0.2, 0.25) is 0 Å². The number of halogens is 2. The maximum Gasteiger partial charge on any atom is 0.334 e. The van der Waals surface area contributed by atoms with Gasteiger partial charge in [-0.1, -0.05) is 37.3 Å². The zero-order chi connectivity index (χ0) is 24.8. The lowest BCUT2D eigenvalue weighted by molar-refractivity contribution is -0.177. The molecule has 7 nitrogen and oxygen atoms in total. The van der Waals surface area contributed by atoms with Gasteiger partial charge in [-0.2, -0.15) is 5.26 Å². The van der Waals surface area contributed by atoms with Crippen LogP contribution in [0.3, 0.4) is 0 Å². The minimum atomic E-state index is -3.09. The van der Waals surface area contributed by atoms with Crippen molar-refractivity contribution in [2.75, 3.05) is 0 Å². The van der Waals surface area contributed by atoms with Gasteiger partial charge in [0, 0.05) is 48.0 Å². The number of aromatic nitrogens is 1. The summed E-state index contributed by atoms with van der Waals surface area (Å²) in [5, 5.41) is 10.8. The number of hydrazine groups is 2. The fourth-order valence-corrected chi connectivity index (χ4v) is 5.63. The number of hydrogen-bond acceptors (Lipinski definition) is 7. The maximum atomic E-state index is 15.3. The second-order valence-corrected chi connectivity index (χ2v) is 9.29. The lowest BCUT2D eigenvalue weighted by atomic mass is 9.60. The van der Waals surface area contributed by atoms with Crippen LogP contribution in [0, 0.1) is 29.1 Å². The van der Waals surface area contributed by atoms with E-state index in [4.69, 9.17) is 4.74 Å². The van der Waals surface area contributed by atoms with E-state index in [0.29, 0.717) is 11.3 Å². The second-order valence-electron chi connectivity index (χ2n) is 9.29. The third-order valence-corrected chi connectivity index (χ3v) is 7.42. The number of carbonyl (C=O) groups excluding carboxylic acids is 1. The van der Waals surface area contributed by atoms with Crippen LogP contribution in [0.25, 0.3) is 17.2 Å². The number of nitriles is 1. The van der Waals surface area contributed by atoms with Crippen LogP contribution in [0.1, 0.15) is 31.5 Å². The molecule has 3 heterocycles. The van der Waals surface area contributed by atoms with Gasteiger partial charge >= 0.3 is 5.97 Å². The normalized spacial score (nSPS) is 31.2. The number of esters is 1. The van der Waals surface area contributed by atoms with Crippen molar-refractivity contribution in [1.29, 1.82) is 5.26 Å². The van der Waals surface area contributed by atoms with E-state index in [-0.39, 0.29) is 0 Å². The van der Waals surface area contributed by atoms with Crippen molar-refractivity contribution in [2.45, 2.75) is 37.8 Å². The zero-order valence-corrected chi connectivity index (χ0v) is 19.3. The van der Waals surface area contributed by atoms with E-state index in [1.807, 2.05) is 18.2 Å². The highest BCUT2D eigenvalue weighted by Gasteiger charge is 2.70. The molecule has 5 atom stereocenters. The summed E-state index contributed by atoms with van der Waals surface area (Å²) in [5.74, 6) is -5.89. The van der Waals surface area contributed by atoms with Crippen molar-refractivity contribution in [3.63, 3.8) is 0 Å². The Hall–Kier alpha value is -3.77. The molecule has 1 aromatic heterocycles. The van der Waals surface area contributed by atoms with Gasteiger partial charge in [0.1, 0.15) is 6.10 Å². The highest BCUT2D eigenvalue weighted by molar-refractivity contribution is 5.85. The molecule has 180 valence electrons. The molecule has 2 fully saturated rings. The monoisotopic (exact) mass is 477 g/mol. The molecule has 0 spiro atoms. The van der Waals surface area contributed by atoms with Crippen molar-refractivity contribution in [3.8, 4) is 17.2 Å². The number of alkyl halides is 2. The topological polar surface area (TPSA) is 90.3 Å². The number of ether oxygens (including phenoxy) is 1. The molecule has 9 heteroatoms. The molecule has 2 aliphatic heterocycles. The van der Waals surface area contributed by atoms with E-state index in [2.05, 4.69) is 22.0 Å². The number of pyridine rings is 1. The quantitative estimate of drug-likeness (QED) is 0.643. The summed E-state index contributed by atoms with van der Waals surface area (Å²) < 4.78 is 36.2. The van der Waals surface area contributed by atoms with Gasteiger partial charge in [0.25, 0.3) is 5.92 Å². The number of cyclic esters (lactones) is 1. The van der Waals surface area contributed by atoms with Gasteiger partial charge in [-0.25, -0.2) is 13.6 Å². The molecule has 3 aliphatic rings. The number of carbonyl (C=O) groups is 1. The van der Waals surface area contributed by atoms with Crippen LogP contribution in [0.5, 0.6) is 0 Å². The zero-order valence-electron chi connectivity index (χ0n) is 19.3. The Morgan fingerprint density at radius 3 is 2.74 bits per heavy atom. The molecule has 1 saturated carbocycles. The number of nitrogens with zero attached hydrogens (tertiary/aromatic N) is 3. The molecule has 2 aromatic rings. The van der Waals surface area contributed by atoms with E-state index < -0.39 is 47.7 Å².